The normalized spacial score (nSPS) is 10.8. The van der Waals surface area contributed by atoms with Crippen LogP contribution in [0.15, 0.2) is 53.7 Å². The molecule has 0 aliphatic heterocycles. The number of hydrogen-bond acceptors (Lipinski definition) is 4. The van der Waals surface area contributed by atoms with Gasteiger partial charge in [0.1, 0.15) is 5.82 Å². The van der Waals surface area contributed by atoms with Crippen molar-refractivity contribution in [1.82, 2.24) is 20.1 Å². The molecule has 27 heavy (non-hydrogen) atoms. The standard InChI is InChI=1S/C19H18ClFN4OS/c1-2-25-18(13-7-9-15(20)10-8-13)23-24-19(25)27-12-17(26)22-11-14-5-3-4-6-16(14)21/h3-10H,2,11-12H2,1H3,(H,22,26). The summed E-state index contributed by atoms with van der Waals surface area (Å²) in [6, 6.07) is 13.7. The van der Waals surface area contributed by atoms with E-state index < -0.39 is 0 Å². The van der Waals surface area contributed by atoms with Gasteiger partial charge in [-0.25, -0.2) is 4.39 Å². The number of nitrogens with one attached hydrogen (secondary N) is 1. The van der Waals surface area contributed by atoms with Crippen LogP contribution in [0.3, 0.4) is 0 Å². The zero-order valence-electron chi connectivity index (χ0n) is 14.7. The molecule has 0 atom stereocenters. The number of carbonyl (C=O) groups excluding carboxylic acids is 1. The van der Waals surface area contributed by atoms with Crippen LogP contribution < -0.4 is 5.32 Å². The van der Waals surface area contributed by atoms with E-state index in [0.29, 0.717) is 22.3 Å². The molecule has 1 N–H and O–H groups in total. The number of nitrogens with zero attached hydrogens (tertiary/aromatic N) is 3. The summed E-state index contributed by atoms with van der Waals surface area (Å²) in [6.07, 6.45) is 0. The zero-order chi connectivity index (χ0) is 19.2. The average molecular weight is 405 g/mol. The summed E-state index contributed by atoms with van der Waals surface area (Å²) in [4.78, 5) is 12.1. The predicted octanol–water partition coefficient (Wildman–Crippen LogP) is 4.17. The lowest BCUT2D eigenvalue weighted by atomic mass is 10.2. The molecule has 0 spiro atoms. The topological polar surface area (TPSA) is 59.8 Å². The minimum absolute atomic E-state index is 0.155. The third kappa shape index (κ3) is 4.87. The fraction of sp³-hybridized carbons (Fsp3) is 0.211. The van der Waals surface area contributed by atoms with Crippen LogP contribution in [0.25, 0.3) is 11.4 Å². The molecular formula is C19H18ClFN4OS. The van der Waals surface area contributed by atoms with E-state index in [0.717, 1.165) is 11.4 Å². The van der Waals surface area contributed by atoms with Crippen molar-refractivity contribution in [2.45, 2.75) is 25.2 Å². The van der Waals surface area contributed by atoms with Gasteiger partial charge in [-0.05, 0) is 37.3 Å². The Kier molecular flexibility index (Phi) is 6.47. The molecule has 5 nitrogen and oxygen atoms in total. The lowest BCUT2D eigenvalue weighted by Crippen LogP contribution is -2.25. The number of rotatable bonds is 7. The fourth-order valence-electron chi connectivity index (χ4n) is 2.51. The number of carbonyl (C=O) groups is 1. The van der Waals surface area contributed by atoms with E-state index in [-0.39, 0.29) is 24.0 Å². The van der Waals surface area contributed by atoms with Crippen molar-refractivity contribution >= 4 is 29.3 Å². The second kappa shape index (κ2) is 9.01. The average Bonchev–Trinajstić information content (AvgIpc) is 3.09. The molecule has 140 valence electrons. The maximum Gasteiger partial charge on any atom is 0.230 e. The first-order valence-electron chi connectivity index (χ1n) is 8.40. The number of halogens is 2. The lowest BCUT2D eigenvalue weighted by molar-refractivity contribution is -0.118. The van der Waals surface area contributed by atoms with Gasteiger partial charge in [0.2, 0.25) is 5.91 Å². The molecule has 0 aliphatic carbocycles. The quantitative estimate of drug-likeness (QED) is 0.600. The summed E-state index contributed by atoms with van der Waals surface area (Å²) in [5.41, 5.74) is 1.36. The van der Waals surface area contributed by atoms with E-state index in [1.54, 1.807) is 30.3 Å². The van der Waals surface area contributed by atoms with Crippen molar-refractivity contribution < 1.29 is 9.18 Å². The number of aromatic nitrogens is 3. The molecule has 1 aromatic heterocycles. The van der Waals surface area contributed by atoms with E-state index in [1.807, 2.05) is 23.6 Å². The zero-order valence-corrected chi connectivity index (χ0v) is 16.2. The molecule has 0 aliphatic rings. The minimum Gasteiger partial charge on any atom is -0.351 e. The molecule has 0 fully saturated rings. The number of benzene rings is 2. The highest BCUT2D eigenvalue weighted by Gasteiger charge is 2.14. The van der Waals surface area contributed by atoms with Crippen molar-refractivity contribution in [1.29, 1.82) is 0 Å². The van der Waals surface area contributed by atoms with Crippen molar-refractivity contribution in [2.24, 2.45) is 0 Å². The van der Waals surface area contributed by atoms with Crippen LogP contribution in [0.4, 0.5) is 4.39 Å². The number of hydrogen-bond donors (Lipinski definition) is 1. The smallest absolute Gasteiger partial charge is 0.230 e. The van der Waals surface area contributed by atoms with Crippen LogP contribution in [0, 0.1) is 5.82 Å². The van der Waals surface area contributed by atoms with Crippen molar-refractivity contribution in [3.63, 3.8) is 0 Å². The minimum atomic E-state index is -0.330. The predicted molar refractivity (Wildman–Crippen MR) is 105 cm³/mol. The maximum atomic E-state index is 13.6. The van der Waals surface area contributed by atoms with Gasteiger partial charge < -0.3 is 9.88 Å². The van der Waals surface area contributed by atoms with E-state index in [2.05, 4.69) is 15.5 Å². The molecule has 0 saturated heterocycles. The first kappa shape index (κ1) is 19.4. The monoisotopic (exact) mass is 404 g/mol. The van der Waals surface area contributed by atoms with Crippen molar-refractivity contribution in [2.75, 3.05) is 5.75 Å². The Morgan fingerprint density at radius 3 is 2.63 bits per heavy atom. The molecule has 3 rings (SSSR count). The van der Waals surface area contributed by atoms with Gasteiger partial charge >= 0.3 is 0 Å². The highest BCUT2D eigenvalue weighted by atomic mass is 35.5. The van der Waals surface area contributed by atoms with E-state index >= 15 is 0 Å². The highest BCUT2D eigenvalue weighted by molar-refractivity contribution is 7.99. The number of thioether (sulfide) groups is 1. The Hall–Kier alpha value is -2.38. The summed E-state index contributed by atoms with van der Waals surface area (Å²) in [5, 5.41) is 12.5. The molecule has 0 radical (unpaired) electrons. The number of amides is 1. The highest BCUT2D eigenvalue weighted by Crippen LogP contribution is 2.25. The molecule has 0 bridgehead atoms. The summed E-state index contributed by atoms with van der Waals surface area (Å²) < 4.78 is 15.5. The summed E-state index contributed by atoms with van der Waals surface area (Å²) >= 11 is 7.23. The van der Waals surface area contributed by atoms with Gasteiger partial charge in [0, 0.05) is 29.2 Å². The molecule has 8 heteroatoms. The molecule has 2 aromatic carbocycles. The van der Waals surface area contributed by atoms with Crippen LogP contribution in [0.1, 0.15) is 12.5 Å². The summed E-state index contributed by atoms with van der Waals surface area (Å²) in [5.74, 6) is 0.377. The van der Waals surface area contributed by atoms with Crippen LogP contribution in [0.2, 0.25) is 5.02 Å². The third-order valence-corrected chi connectivity index (χ3v) is 5.12. The SMILES string of the molecule is CCn1c(SCC(=O)NCc2ccccc2F)nnc1-c1ccc(Cl)cc1. The summed E-state index contributed by atoms with van der Waals surface area (Å²) in [7, 11) is 0. The lowest BCUT2D eigenvalue weighted by Gasteiger charge is -2.08. The van der Waals surface area contributed by atoms with Gasteiger partial charge in [0.15, 0.2) is 11.0 Å². The Morgan fingerprint density at radius 1 is 1.19 bits per heavy atom. The first-order valence-corrected chi connectivity index (χ1v) is 9.77. The van der Waals surface area contributed by atoms with Gasteiger partial charge in [-0.3, -0.25) is 4.79 Å². The second-order valence-corrected chi connectivity index (χ2v) is 7.09. The largest absolute Gasteiger partial charge is 0.351 e. The van der Waals surface area contributed by atoms with E-state index in [1.165, 1.54) is 17.8 Å². The van der Waals surface area contributed by atoms with Gasteiger partial charge in [-0.1, -0.05) is 41.6 Å². The van der Waals surface area contributed by atoms with Crippen LogP contribution in [-0.2, 0) is 17.9 Å². The van der Waals surface area contributed by atoms with Gasteiger partial charge in [-0.2, -0.15) is 0 Å². The van der Waals surface area contributed by atoms with E-state index in [9.17, 15) is 9.18 Å². The van der Waals surface area contributed by atoms with Crippen molar-refractivity contribution in [3.8, 4) is 11.4 Å². The molecular weight excluding hydrogens is 387 g/mol. The van der Waals surface area contributed by atoms with Gasteiger partial charge in [0.25, 0.3) is 0 Å². The van der Waals surface area contributed by atoms with Crippen LogP contribution in [0.5, 0.6) is 0 Å². The molecule has 1 heterocycles. The maximum absolute atomic E-state index is 13.6. The molecule has 0 unspecified atom stereocenters. The third-order valence-electron chi connectivity index (χ3n) is 3.90. The summed E-state index contributed by atoms with van der Waals surface area (Å²) in [6.45, 7) is 2.82. The van der Waals surface area contributed by atoms with Gasteiger partial charge in [0.05, 0.1) is 5.75 Å². The Labute approximate surface area is 166 Å². The Balaban J connectivity index is 1.61. The molecule has 3 aromatic rings. The Bertz CT molecular complexity index is 930. The fourth-order valence-corrected chi connectivity index (χ4v) is 3.47. The van der Waals surface area contributed by atoms with Crippen molar-refractivity contribution in [3.05, 3.63) is 64.9 Å². The first-order chi connectivity index (χ1) is 13.1. The molecule has 1 amide bonds. The second-order valence-electron chi connectivity index (χ2n) is 5.71. The van der Waals surface area contributed by atoms with E-state index in [4.69, 9.17) is 11.6 Å². The Morgan fingerprint density at radius 2 is 1.93 bits per heavy atom. The van der Waals surface area contributed by atoms with Gasteiger partial charge in [-0.15, -0.1) is 10.2 Å². The van der Waals surface area contributed by atoms with Crippen LogP contribution in [-0.4, -0.2) is 26.4 Å². The van der Waals surface area contributed by atoms with Crippen LogP contribution >= 0.6 is 23.4 Å². The molecule has 0 saturated carbocycles.